The van der Waals surface area contributed by atoms with Gasteiger partial charge in [-0.15, -0.1) is 0 Å². The van der Waals surface area contributed by atoms with E-state index in [4.69, 9.17) is 8.85 Å². The standard InChI is InChI=1S/C47H61NO4Si2/c1-8-9-14-23-36(51-53(45(2,3)4,37-24-15-10-16-25-37)38-26-17-11-18-27-38)32-33-41-42-34-44(49)48-47(42,50)35-43(41)52-54(46(5,6)7,39-28-19-12-20-29-39)40-30-21-13-22-31-40/h10-13,15-22,24-33,36,41-43,50H,8-9,14,23,34-35H2,1-7H3,(H,48,49)/t36-,41?,42?,43?,47?/m0/s1. The molecule has 4 unspecified atom stereocenters. The lowest BCUT2D eigenvalue weighted by atomic mass is 9.90. The Morgan fingerprint density at radius 1 is 0.741 bits per heavy atom. The van der Waals surface area contributed by atoms with Crippen LogP contribution in [0.1, 0.15) is 87.0 Å². The summed E-state index contributed by atoms with van der Waals surface area (Å²) >= 11 is 0. The van der Waals surface area contributed by atoms with Gasteiger partial charge in [0, 0.05) is 24.7 Å². The van der Waals surface area contributed by atoms with Gasteiger partial charge in [0.1, 0.15) is 5.72 Å². The topological polar surface area (TPSA) is 67.8 Å². The van der Waals surface area contributed by atoms with Gasteiger partial charge in [0.2, 0.25) is 5.91 Å². The SMILES string of the molecule is CCCCC[C@@H](C=CC1C(O[Si](c2ccccc2)(c2ccccc2)C(C)(C)C)CC2(O)NC(=O)CC12)O[Si](c1ccccc1)(c1ccccc1)C(C)(C)C. The lowest BCUT2D eigenvalue weighted by Crippen LogP contribution is -2.68. The van der Waals surface area contributed by atoms with Crippen LogP contribution in [0.2, 0.25) is 10.1 Å². The van der Waals surface area contributed by atoms with Crippen LogP contribution in [0.15, 0.2) is 133 Å². The molecule has 54 heavy (non-hydrogen) atoms. The smallest absolute Gasteiger partial charge is 0.261 e. The highest BCUT2D eigenvalue weighted by atomic mass is 28.4. The lowest BCUT2D eigenvalue weighted by Gasteiger charge is -2.46. The van der Waals surface area contributed by atoms with Crippen LogP contribution < -0.4 is 26.1 Å². The zero-order valence-electron chi connectivity index (χ0n) is 33.4. The molecule has 0 aromatic heterocycles. The molecule has 1 heterocycles. The van der Waals surface area contributed by atoms with Gasteiger partial charge in [-0.25, -0.2) is 0 Å². The molecule has 1 aliphatic carbocycles. The maximum absolute atomic E-state index is 13.0. The molecule has 6 rings (SSSR count). The molecule has 7 heteroatoms. The summed E-state index contributed by atoms with van der Waals surface area (Å²) in [5.41, 5.74) is -1.33. The van der Waals surface area contributed by atoms with Crippen LogP contribution in [0, 0.1) is 11.8 Å². The second kappa shape index (κ2) is 16.2. The number of unbranched alkanes of at least 4 members (excludes halogenated alkanes) is 2. The van der Waals surface area contributed by atoms with Gasteiger partial charge >= 0.3 is 0 Å². The normalized spacial score (nSPS) is 22.7. The Morgan fingerprint density at radius 2 is 1.19 bits per heavy atom. The van der Waals surface area contributed by atoms with Crippen molar-refractivity contribution in [3.63, 3.8) is 0 Å². The largest absolute Gasteiger partial charge is 0.404 e. The summed E-state index contributed by atoms with van der Waals surface area (Å²) < 4.78 is 15.5. The molecule has 1 saturated heterocycles. The second-order valence-corrected chi connectivity index (χ2v) is 26.1. The van der Waals surface area contributed by atoms with E-state index in [9.17, 15) is 9.90 Å². The first-order valence-electron chi connectivity index (χ1n) is 20.0. The number of benzene rings is 4. The van der Waals surface area contributed by atoms with Crippen LogP contribution in [0.3, 0.4) is 0 Å². The average Bonchev–Trinajstić information content (AvgIpc) is 3.58. The summed E-state index contributed by atoms with van der Waals surface area (Å²) in [5.74, 6) is -0.617. The molecule has 0 bridgehead atoms. The Bertz CT molecular complexity index is 1760. The third-order valence-corrected chi connectivity index (χ3v) is 22.0. The first kappa shape index (κ1) is 40.1. The number of hydrogen-bond acceptors (Lipinski definition) is 4. The Balaban J connectivity index is 1.46. The quantitative estimate of drug-likeness (QED) is 0.0781. The summed E-state index contributed by atoms with van der Waals surface area (Å²) in [6.07, 6.45) is 8.81. The van der Waals surface area contributed by atoms with Gasteiger partial charge in [-0.05, 0) is 37.2 Å². The predicted molar refractivity (Wildman–Crippen MR) is 228 cm³/mol. The lowest BCUT2D eigenvalue weighted by molar-refractivity contribution is -0.122. The molecule has 5 nitrogen and oxygen atoms in total. The van der Waals surface area contributed by atoms with Crippen molar-refractivity contribution in [2.45, 2.75) is 115 Å². The minimum absolute atomic E-state index is 0.104. The molecule has 1 amide bonds. The predicted octanol–water partition coefficient (Wildman–Crippen LogP) is 7.86. The number of nitrogens with one attached hydrogen (secondary N) is 1. The van der Waals surface area contributed by atoms with Crippen LogP contribution in [0.25, 0.3) is 0 Å². The van der Waals surface area contributed by atoms with E-state index in [1.54, 1.807) is 0 Å². The van der Waals surface area contributed by atoms with Gasteiger partial charge in [0.05, 0.1) is 12.2 Å². The highest BCUT2D eigenvalue weighted by molar-refractivity contribution is 7.00. The minimum atomic E-state index is -2.97. The van der Waals surface area contributed by atoms with Crippen LogP contribution in [0.4, 0.5) is 0 Å². The van der Waals surface area contributed by atoms with Crippen LogP contribution in [-0.4, -0.2) is 45.6 Å². The van der Waals surface area contributed by atoms with Gasteiger partial charge in [0.15, 0.2) is 0 Å². The monoisotopic (exact) mass is 759 g/mol. The van der Waals surface area contributed by atoms with Gasteiger partial charge in [0.25, 0.3) is 16.6 Å². The van der Waals surface area contributed by atoms with Crippen LogP contribution in [-0.2, 0) is 13.6 Å². The van der Waals surface area contributed by atoms with E-state index < -0.39 is 22.4 Å². The van der Waals surface area contributed by atoms with Crippen molar-refractivity contribution >= 4 is 43.3 Å². The molecule has 286 valence electrons. The maximum Gasteiger partial charge on any atom is 0.261 e. The fraction of sp³-hybridized carbons (Fsp3) is 0.426. The number of rotatable bonds is 14. The summed E-state index contributed by atoms with van der Waals surface area (Å²) in [7, 11) is -5.83. The third-order valence-electron chi connectivity index (χ3n) is 11.9. The van der Waals surface area contributed by atoms with Crippen molar-refractivity contribution in [1.29, 1.82) is 0 Å². The number of carbonyl (C=O) groups is 1. The first-order chi connectivity index (χ1) is 25.7. The number of carbonyl (C=O) groups excluding carboxylic acids is 1. The molecule has 0 spiro atoms. The van der Waals surface area contributed by atoms with Crippen molar-refractivity contribution in [3.8, 4) is 0 Å². The van der Waals surface area contributed by atoms with Crippen molar-refractivity contribution in [2.75, 3.05) is 0 Å². The molecular formula is C47H61NO4Si2. The van der Waals surface area contributed by atoms with Crippen LogP contribution >= 0.6 is 0 Å². The zero-order chi connectivity index (χ0) is 38.6. The Kier molecular flexibility index (Phi) is 12.1. The summed E-state index contributed by atoms with van der Waals surface area (Å²) in [5, 5.41) is 19.6. The van der Waals surface area contributed by atoms with E-state index >= 15 is 0 Å². The van der Waals surface area contributed by atoms with Gasteiger partial charge in [-0.1, -0.05) is 201 Å². The van der Waals surface area contributed by atoms with E-state index in [0.717, 1.165) is 25.7 Å². The number of fused-ring (bicyclic) bond motifs is 1. The maximum atomic E-state index is 13.0. The highest BCUT2D eigenvalue weighted by Crippen LogP contribution is 2.49. The van der Waals surface area contributed by atoms with Gasteiger partial charge in [-0.3, -0.25) is 4.79 Å². The van der Waals surface area contributed by atoms with Crippen LogP contribution in [0.5, 0.6) is 0 Å². The van der Waals surface area contributed by atoms with Crippen molar-refractivity contribution in [2.24, 2.45) is 11.8 Å². The molecule has 4 aromatic rings. The second-order valence-electron chi connectivity index (χ2n) is 17.6. The fourth-order valence-corrected chi connectivity index (χ4v) is 18.7. The number of hydrogen-bond donors (Lipinski definition) is 2. The molecule has 4 aromatic carbocycles. The van der Waals surface area contributed by atoms with Gasteiger partial charge < -0.3 is 19.3 Å². The summed E-state index contributed by atoms with van der Waals surface area (Å²) in [4.78, 5) is 13.0. The van der Waals surface area contributed by atoms with Crippen molar-refractivity contribution in [3.05, 3.63) is 133 Å². The van der Waals surface area contributed by atoms with E-state index in [2.05, 4.69) is 187 Å². The summed E-state index contributed by atoms with van der Waals surface area (Å²) in [6.45, 7) is 16.1. The molecule has 2 aliphatic rings. The zero-order valence-corrected chi connectivity index (χ0v) is 35.4. The Morgan fingerprint density at radius 3 is 1.61 bits per heavy atom. The van der Waals surface area contributed by atoms with E-state index in [1.807, 2.05) is 0 Å². The summed E-state index contributed by atoms with van der Waals surface area (Å²) in [6, 6.07) is 43.1. The number of amides is 1. The van der Waals surface area contributed by atoms with E-state index in [0.29, 0.717) is 6.42 Å². The molecule has 1 aliphatic heterocycles. The molecule has 1 saturated carbocycles. The van der Waals surface area contributed by atoms with Crippen molar-refractivity contribution < 1.29 is 18.8 Å². The molecular weight excluding hydrogens is 699 g/mol. The third kappa shape index (κ3) is 7.76. The number of aliphatic hydroxyl groups is 1. The van der Waals surface area contributed by atoms with E-state index in [1.165, 1.54) is 20.7 Å². The molecule has 0 radical (unpaired) electrons. The molecule has 2 fully saturated rings. The minimum Gasteiger partial charge on any atom is -0.404 e. The first-order valence-corrected chi connectivity index (χ1v) is 23.9. The average molecular weight is 760 g/mol. The highest BCUT2D eigenvalue weighted by Gasteiger charge is 2.61. The Labute approximate surface area is 326 Å². The van der Waals surface area contributed by atoms with E-state index in [-0.39, 0.29) is 46.4 Å². The van der Waals surface area contributed by atoms with Gasteiger partial charge in [-0.2, -0.15) is 0 Å². The fourth-order valence-electron chi connectivity index (χ4n) is 9.37. The molecule has 2 N–H and O–H groups in total. The Hall–Kier alpha value is -3.60. The van der Waals surface area contributed by atoms with Crippen molar-refractivity contribution in [1.82, 2.24) is 5.32 Å². The molecule has 5 atom stereocenters.